The molecule has 0 amide bonds. The van der Waals surface area contributed by atoms with Gasteiger partial charge in [-0.3, -0.25) is 0 Å². The van der Waals surface area contributed by atoms with Crippen LogP contribution in [0.2, 0.25) is 0 Å². The number of nitrogens with one attached hydrogen (secondary N) is 1. The molecule has 0 saturated carbocycles. The molecule has 17 heavy (non-hydrogen) atoms. The predicted octanol–water partition coefficient (Wildman–Crippen LogP) is 3.36. The van der Waals surface area contributed by atoms with E-state index in [1.807, 2.05) is 48.5 Å². The molecule has 2 aromatic rings. The zero-order chi connectivity index (χ0) is 11.7. The summed E-state index contributed by atoms with van der Waals surface area (Å²) in [5.41, 5.74) is 3.30. The highest BCUT2D eigenvalue weighted by atomic mass is 15.5. The van der Waals surface area contributed by atoms with Crippen LogP contribution in [0.5, 0.6) is 0 Å². The lowest BCUT2D eigenvalue weighted by Crippen LogP contribution is -2.05. The standard InChI is InChI=1S/C14H13N3/c1-11-9-10-17(16-11)14-8-7-13(15-14)12-5-3-2-4-6-12/h2-10,15H,1H3/q+1. The number of H-pyrrole nitrogens is 1. The zero-order valence-corrected chi connectivity index (χ0v) is 9.59. The van der Waals surface area contributed by atoms with Gasteiger partial charge in [-0.15, -0.1) is 0 Å². The molecule has 1 aliphatic heterocycles. The van der Waals surface area contributed by atoms with E-state index < -0.39 is 0 Å². The van der Waals surface area contributed by atoms with Gasteiger partial charge < -0.3 is 4.98 Å². The summed E-state index contributed by atoms with van der Waals surface area (Å²) in [4.78, 5) is 3.36. The van der Waals surface area contributed by atoms with Gasteiger partial charge in [-0.05, 0) is 23.7 Å². The molecule has 1 aromatic heterocycles. The average molecular weight is 223 g/mol. The number of allylic oxidation sites excluding steroid dienone is 1. The van der Waals surface area contributed by atoms with Gasteiger partial charge in [0.1, 0.15) is 5.71 Å². The molecule has 0 aliphatic carbocycles. The molecule has 1 radical (unpaired) electrons. The molecule has 0 fully saturated rings. The first-order valence-electron chi connectivity index (χ1n) is 5.60. The minimum atomic E-state index is 0.983. The second-order valence-electron chi connectivity index (χ2n) is 4.02. The molecule has 0 bridgehead atoms. The number of benzene rings is 1. The first-order valence-corrected chi connectivity index (χ1v) is 5.60. The molecule has 0 unspecified atom stereocenters. The number of aromatic amines is 1. The molecule has 3 rings (SSSR count). The van der Waals surface area contributed by atoms with E-state index in [1.165, 1.54) is 5.56 Å². The van der Waals surface area contributed by atoms with Crippen molar-refractivity contribution in [2.24, 2.45) is 5.10 Å². The van der Waals surface area contributed by atoms with Crippen molar-refractivity contribution in [1.29, 1.82) is 0 Å². The monoisotopic (exact) mass is 223 g/mol. The maximum atomic E-state index is 4.37. The summed E-state index contributed by atoms with van der Waals surface area (Å²) in [6, 6.07) is 14.4. The van der Waals surface area contributed by atoms with Crippen molar-refractivity contribution in [3.05, 3.63) is 54.7 Å². The van der Waals surface area contributed by atoms with E-state index in [-0.39, 0.29) is 0 Å². The van der Waals surface area contributed by atoms with E-state index in [0.29, 0.717) is 0 Å². The Hall–Kier alpha value is -2.13. The Morgan fingerprint density at radius 3 is 2.59 bits per heavy atom. The van der Waals surface area contributed by atoms with Crippen molar-refractivity contribution in [1.82, 2.24) is 9.99 Å². The van der Waals surface area contributed by atoms with Crippen molar-refractivity contribution in [3.8, 4) is 11.3 Å². The average Bonchev–Trinajstić information content (AvgIpc) is 2.98. The van der Waals surface area contributed by atoms with E-state index in [9.17, 15) is 0 Å². The van der Waals surface area contributed by atoms with E-state index in [2.05, 4.69) is 28.3 Å². The van der Waals surface area contributed by atoms with Crippen LogP contribution >= 0.6 is 0 Å². The van der Waals surface area contributed by atoms with Gasteiger partial charge in [-0.2, -0.15) is 0 Å². The summed E-state index contributed by atoms with van der Waals surface area (Å²) in [7, 11) is 0. The third kappa shape index (κ3) is 1.92. The van der Waals surface area contributed by atoms with Gasteiger partial charge in [0, 0.05) is 12.1 Å². The Labute approximate surface area is 100 Å². The fraction of sp³-hybridized carbons (Fsp3) is 0.0714. The number of anilines is 1. The summed E-state index contributed by atoms with van der Waals surface area (Å²) in [5, 5.41) is 6.22. The van der Waals surface area contributed by atoms with Crippen LogP contribution in [0, 0.1) is 0 Å². The van der Waals surface area contributed by atoms with E-state index in [1.54, 1.807) is 0 Å². The largest absolute Gasteiger partial charge is 0.304 e. The van der Waals surface area contributed by atoms with Gasteiger partial charge in [0.25, 0.3) is 5.82 Å². The fourth-order valence-corrected chi connectivity index (χ4v) is 1.85. The lowest BCUT2D eigenvalue weighted by atomic mass is 10.2. The normalized spacial score (nSPS) is 15.2. The summed E-state index contributed by atoms with van der Waals surface area (Å²) >= 11 is 0. The first-order chi connectivity index (χ1) is 8.33. The number of hydrazone groups is 1. The topological polar surface area (TPSA) is 34.0 Å². The Morgan fingerprint density at radius 2 is 1.88 bits per heavy atom. The number of rotatable bonds is 2. The maximum Gasteiger partial charge on any atom is 0.291 e. The lowest BCUT2D eigenvalue weighted by Gasteiger charge is -1.96. The quantitative estimate of drug-likeness (QED) is 0.758. The molecule has 1 N–H and O–H groups in total. The third-order valence-electron chi connectivity index (χ3n) is 2.72. The minimum absolute atomic E-state index is 0.983. The molecule has 1 aliphatic rings. The van der Waals surface area contributed by atoms with Gasteiger partial charge in [0.2, 0.25) is 0 Å². The maximum absolute atomic E-state index is 4.37. The third-order valence-corrected chi connectivity index (χ3v) is 2.72. The van der Waals surface area contributed by atoms with E-state index in [0.717, 1.165) is 17.2 Å². The van der Waals surface area contributed by atoms with Crippen LogP contribution in [0.4, 0.5) is 5.82 Å². The van der Waals surface area contributed by atoms with Gasteiger partial charge in [-0.1, -0.05) is 30.3 Å². The molecule has 0 spiro atoms. The van der Waals surface area contributed by atoms with E-state index in [4.69, 9.17) is 0 Å². The zero-order valence-electron chi connectivity index (χ0n) is 9.59. The second kappa shape index (κ2) is 4.03. The molecule has 1 aromatic carbocycles. The number of aromatic nitrogens is 1. The number of nitrogens with zero attached hydrogens (tertiary/aromatic N) is 2. The van der Waals surface area contributed by atoms with Crippen molar-refractivity contribution in [2.75, 3.05) is 0 Å². The minimum Gasteiger partial charge on any atom is -0.304 e. The fourth-order valence-electron chi connectivity index (χ4n) is 1.85. The van der Waals surface area contributed by atoms with Crippen molar-refractivity contribution in [3.63, 3.8) is 0 Å². The Kier molecular flexibility index (Phi) is 2.38. The highest BCUT2D eigenvalue weighted by molar-refractivity contribution is 5.94. The molecular formula is C14H13N3+. The van der Waals surface area contributed by atoms with Crippen molar-refractivity contribution in [2.45, 2.75) is 6.92 Å². The predicted molar refractivity (Wildman–Crippen MR) is 70.3 cm³/mol. The highest BCUT2D eigenvalue weighted by Gasteiger charge is 2.22. The smallest absolute Gasteiger partial charge is 0.291 e. The molecule has 3 heteroatoms. The number of hydrogen-bond acceptors (Lipinski definition) is 2. The van der Waals surface area contributed by atoms with Crippen LogP contribution in [0.3, 0.4) is 0 Å². The highest BCUT2D eigenvalue weighted by Crippen LogP contribution is 2.23. The Bertz CT molecular complexity index is 579. The summed E-state index contributed by atoms with van der Waals surface area (Å²) in [6.07, 6.45) is 3.94. The number of hydrogen-bond donors (Lipinski definition) is 1. The van der Waals surface area contributed by atoms with Crippen molar-refractivity contribution < 1.29 is 0 Å². The SMILES string of the molecule is CC1=N[N+](c2ccc(-c3ccccc3)[nH]2)C=C1. The van der Waals surface area contributed by atoms with Gasteiger partial charge in [0.15, 0.2) is 6.20 Å². The van der Waals surface area contributed by atoms with Gasteiger partial charge in [-0.25, -0.2) is 0 Å². The van der Waals surface area contributed by atoms with Crippen LogP contribution in [0.15, 0.2) is 59.8 Å². The second-order valence-corrected chi connectivity index (χ2v) is 4.02. The summed E-state index contributed by atoms with van der Waals surface area (Å²) in [6.45, 7) is 1.98. The Balaban J connectivity index is 1.92. The summed E-state index contributed by atoms with van der Waals surface area (Å²) < 4.78 is 0. The van der Waals surface area contributed by atoms with Gasteiger partial charge >= 0.3 is 0 Å². The Morgan fingerprint density at radius 1 is 1.06 bits per heavy atom. The van der Waals surface area contributed by atoms with Crippen LogP contribution < -0.4 is 5.01 Å². The van der Waals surface area contributed by atoms with Gasteiger partial charge in [0.05, 0.1) is 10.7 Å². The van der Waals surface area contributed by atoms with E-state index >= 15 is 0 Å². The summed E-state index contributed by atoms with van der Waals surface area (Å²) in [5.74, 6) is 0.983. The molecular weight excluding hydrogens is 210 g/mol. The van der Waals surface area contributed by atoms with Crippen LogP contribution in [0.25, 0.3) is 11.3 Å². The molecule has 83 valence electrons. The van der Waals surface area contributed by atoms with Crippen LogP contribution in [-0.4, -0.2) is 10.7 Å². The molecule has 2 heterocycles. The molecule has 3 nitrogen and oxygen atoms in total. The van der Waals surface area contributed by atoms with Crippen LogP contribution in [-0.2, 0) is 0 Å². The lowest BCUT2D eigenvalue weighted by molar-refractivity contribution is 0.733. The molecule has 0 saturated heterocycles. The van der Waals surface area contributed by atoms with Crippen molar-refractivity contribution >= 4 is 11.5 Å². The first kappa shape index (κ1) is 10.1. The molecule has 0 atom stereocenters. The van der Waals surface area contributed by atoms with Crippen LogP contribution in [0.1, 0.15) is 6.92 Å².